The molecule has 0 aliphatic carbocycles. The zero-order valence-corrected chi connectivity index (χ0v) is 19.9. The zero-order valence-electron chi connectivity index (χ0n) is 18.2. The van der Waals surface area contributed by atoms with E-state index in [2.05, 4.69) is 15.3 Å². The van der Waals surface area contributed by atoms with Crippen LogP contribution in [-0.2, 0) is 21.1 Å². The van der Waals surface area contributed by atoms with Crippen LogP contribution < -0.4 is 20.3 Å². The Kier molecular flexibility index (Phi) is 7.77. The lowest BCUT2D eigenvalue weighted by molar-refractivity contribution is -0.113. The summed E-state index contributed by atoms with van der Waals surface area (Å²) in [6.45, 7) is 2.04. The molecular weight excluding hydrogens is 466 g/mol. The molecule has 0 aliphatic rings. The normalized spacial score (nSPS) is 11.1. The van der Waals surface area contributed by atoms with E-state index in [1.807, 2.05) is 31.2 Å². The molecule has 1 amide bonds. The molecule has 0 spiro atoms. The lowest BCUT2D eigenvalue weighted by Crippen LogP contribution is -2.20. The number of carbonyl (C=O) groups is 1. The molecule has 0 unspecified atom stereocenters. The smallest absolute Gasteiger partial charge is 0.270 e. The highest BCUT2D eigenvalue weighted by Crippen LogP contribution is 2.31. The standard InChI is InChI=1S/C22H23N3O6S2/c1-4-14-5-7-15(8-6-14)24-20(26)13-32-22-23-12-19(21(27)25-22)33(28,29)16-9-10-17(30-2)18(11-16)31-3/h5-12H,4,13H2,1-3H3,(H,24,26)(H,23,25,27). The lowest BCUT2D eigenvalue weighted by Gasteiger charge is -2.10. The minimum absolute atomic E-state index is 0.0136. The minimum atomic E-state index is -4.15. The molecule has 0 aliphatic heterocycles. The second-order valence-corrected chi connectivity index (χ2v) is 9.67. The van der Waals surface area contributed by atoms with Gasteiger partial charge in [-0.25, -0.2) is 13.4 Å². The number of hydrogen-bond acceptors (Lipinski definition) is 8. The van der Waals surface area contributed by atoms with Gasteiger partial charge in [0.05, 0.1) is 31.1 Å². The topological polar surface area (TPSA) is 127 Å². The number of ether oxygens (including phenoxy) is 2. The molecule has 3 aromatic rings. The molecule has 0 atom stereocenters. The Bertz CT molecular complexity index is 1300. The third-order valence-electron chi connectivity index (χ3n) is 4.68. The van der Waals surface area contributed by atoms with Gasteiger partial charge in [-0.1, -0.05) is 30.8 Å². The van der Waals surface area contributed by atoms with Crippen molar-refractivity contribution in [1.29, 1.82) is 0 Å². The van der Waals surface area contributed by atoms with Gasteiger partial charge >= 0.3 is 0 Å². The Morgan fingerprint density at radius 1 is 1.09 bits per heavy atom. The first-order valence-corrected chi connectivity index (χ1v) is 12.3. The van der Waals surface area contributed by atoms with Crippen LogP contribution in [0.15, 0.2) is 68.4 Å². The van der Waals surface area contributed by atoms with Crippen molar-refractivity contribution >= 4 is 33.2 Å². The molecular formula is C22H23N3O6S2. The number of rotatable bonds is 9. The van der Waals surface area contributed by atoms with Crippen LogP contribution in [0.4, 0.5) is 5.69 Å². The van der Waals surface area contributed by atoms with Gasteiger partial charge in [-0.15, -0.1) is 0 Å². The molecule has 0 saturated heterocycles. The van der Waals surface area contributed by atoms with Crippen LogP contribution in [0.3, 0.4) is 0 Å². The van der Waals surface area contributed by atoms with Crippen molar-refractivity contribution in [3.8, 4) is 11.5 Å². The third-order valence-corrected chi connectivity index (χ3v) is 7.32. The van der Waals surface area contributed by atoms with E-state index >= 15 is 0 Å². The summed E-state index contributed by atoms with van der Waals surface area (Å²) in [5, 5.41) is 2.89. The molecule has 3 rings (SSSR count). The fraction of sp³-hybridized carbons (Fsp3) is 0.227. The fourth-order valence-corrected chi connectivity index (χ4v) is 4.78. The van der Waals surface area contributed by atoms with Crippen LogP contribution in [0.2, 0.25) is 0 Å². The number of aromatic amines is 1. The van der Waals surface area contributed by atoms with Gasteiger partial charge in [0.25, 0.3) is 5.56 Å². The first kappa shape index (κ1) is 24.3. The summed E-state index contributed by atoms with van der Waals surface area (Å²) in [6, 6.07) is 11.5. The average molecular weight is 490 g/mol. The van der Waals surface area contributed by atoms with E-state index in [4.69, 9.17) is 9.47 Å². The number of H-pyrrole nitrogens is 1. The average Bonchev–Trinajstić information content (AvgIpc) is 2.82. The number of anilines is 1. The second kappa shape index (κ2) is 10.5. The Morgan fingerprint density at radius 2 is 1.79 bits per heavy atom. The van der Waals surface area contributed by atoms with Crippen molar-refractivity contribution in [1.82, 2.24) is 9.97 Å². The Hall–Kier alpha value is -3.31. The van der Waals surface area contributed by atoms with Crippen molar-refractivity contribution in [2.75, 3.05) is 25.3 Å². The van der Waals surface area contributed by atoms with Crippen LogP contribution in [0.25, 0.3) is 0 Å². The predicted octanol–water partition coefficient (Wildman–Crippen LogP) is 2.91. The molecule has 174 valence electrons. The summed E-state index contributed by atoms with van der Waals surface area (Å²) in [5.74, 6) is 0.273. The van der Waals surface area contributed by atoms with E-state index in [9.17, 15) is 18.0 Å². The molecule has 9 nitrogen and oxygen atoms in total. The fourth-order valence-electron chi connectivity index (χ4n) is 2.90. The Morgan fingerprint density at radius 3 is 2.39 bits per heavy atom. The van der Waals surface area contributed by atoms with Crippen LogP contribution >= 0.6 is 11.8 Å². The molecule has 0 radical (unpaired) electrons. The first-order chi connectivity index (χ1) is 15.8. The van der Waals surface area contributed by atoms with E-state index < -0.39 is 20.3 Å². The molecule has 11 heteroatoms. The summed E-state index contributed by atoms with van der Waals surface area (Å²) >= 11 is 0.986. The van der Waals surface area contributed by atoms with Gasteiger partial charge in [0, 0.05) is 11.8 Å². The zero-order chi connectivity index (χ0) is 24.0. The number of amides is 1. The molecule has 0 saturated carbocycles. The second-order valence-electron chi connectivity index (χ2n) is 6.79. The molecule has 1 heterocycles. The highest BCUT2D eigenvalue weighted by atomic mass is 32.2. The first-order valence-electron chi connectivity index (χ1n) is 9.86. The predicted molar refractivity (Wildman–Crippen MR) is 125 cm³/mol. The van der Waals surface area contributed by atoms with Crippen molar-refractivity contribution < 1.29 is 22.7 Å². The van der Waals surface area contributed by atoms with Gasteiger partial charge in [-0.3, -0.25) is 9.59 Å². The van der Waals surface area contributed by atoms with E-state index in [0.717, 1.165) is 29.9 Å². The Labute approximate surface area is 195 Å². The third kappa shape index (κ3) is 5.74. The van der Waals surface area contributed by atoms with Crippen LogP contribution in [0, 0.1) is 0 Å². The summed E-state index contributed by atoms with van der Waals surface area (Å²) in [7, 11) is -1.34. The van der Waals surface area contributed by atoms with E-state index in [1.54, 1.807) is 0 Å². The molecule has 2 N–H and O–H groups in total. The number of hydrogen-bond donors (Lipinski definition) is 2. The quantitative estimate of drug-likeness (QED) is 0.347. The molecule has 1 aromatic heterocycles. The molecule has 2 aromatic carbocycles. The van der Waals surface area contributed by atoms with Crippen molar-refractivity contribution in [2.45, 2.75) is 28.3 Å². The van der Waals surface area contributed by atoms with Crippen LogP contribution in [0.1, 0.15) is 12.5 Å². The maximum atomic E-state index is 12.9. The van der Waals surface area contributed by atoms with Gasteiger partial charge < -0.3 is 19.8 Å². The number of benzene rings is 2. The maximum Gasteiger partial charge on any atom is 0.270 e. The van der Waals surface area contributed by atoms with Gasteiger partial charge in [0.15, 0.2) is 21.6 Å². The molecule has 0 bridgehead atoms. The van der Waals surface area contributed by atoms with E-state index in [0.29, 0.717) is 11.4 Å². The van der Waals surface area contributed by atoms with Gasteiger partial charge in [0.1, 0.15) is 0 Å². The number of nitrogens with one attached hydrogen (secondary N) is 2. The monoisotopic (exact) mass is 489 g/mol. The van der Waals surface area contributed by atoms with Gasteiger partial charge in [-0.2, -0.15) is 0 Å². The van der Waals surface area contributed by atoms with Gasteiger partial charge in [0.2, 0.25) is 15.7 Å². The maximum absolute atomic E-state index is 12.9. The summed E-state index contributed by atoms with van der Waals surface area (Å²) in [4.78, 5) is 30.4. The van der Waals surface area contributed by atoms with E-state index in [1.165, 1.54) is 32.4 Å². The summed E-state index contributed by atoms with van der Waals surface area (Å²) < 4.78 is 36.1. The Balaban J connectivity index is 1.71. The van der Waals surface area contributed by atoms with E-state index in [-0.39, 0.29) is 27.5 Å². The number of aryl methyl sites for hydroxylation is 1. The highest BCUT2D eigenvalue weighted by Gasteiger charge is 2.24. The SMILES string of the molecule is CCc1ccc(NC(=O)CSc2ncc(S(=O)(=O)c3ccc(OC)c(OC)c3)c(=O)[nH]2)cc1. The highest BCUT2D eigenvalue weighted by molar-refractivity contribution is 7.99. The molecule has 0 fully saturated rings. The number of aromatic nitrogens is 2. The number of nitrogens with zero attached hydrogens (tertiary/aromatic N) is 1. The summed E-state index contributed by atoms with van der Waals surface area (Å²) in [5.41, 5.74) is 0.987. The largest absolute Gasteiger partial charge is 0.493 e. The molecule has 33 heavy (non-hydrogen) atoms. The van der Waals surface area contributed by atoms with Gasteiger partial charge in [-0.05, 0) is 36.2 Å². The van der Waals surface area contributed by atoms with Crippen LogP contribution in [0.5, 0.6) is 11.5 Å². The number of methoxy groups -OCH3 is 2. The lowest BCUT2D eigenvalue weighted by atomic mass is 10.1. The summed E-state index contributed by atoms with van der Waals surface area (Å²) in [6.07, 6.45) is 1.88. The van der Waals surface area contributed by atoms with Crippen molar-refractivity contribution in [2.24, 2.45) is 0 Å². The number of thioether (sulfide) groups is 1. The number of sulfone groups is 1. The van der Waals surface area contributed by atoms with Crippen molar-refractivity contribution in [3.63, 3.8) is 0 Å². The van der Waals surface area contributed by atoms with Crippen molar-refractivity contribution in [3.05, 3.63) is 64.6 Å². The van der Waals surface area contributed by atoms with Crippen LogP contribution in [-0.4, -0.2) is 44.3 Å². The number of carbonyl (C=O) groups excluding carboxylic acids is 1. The minimum Gasteiger partial charge on any atom is -0.493 e.